The van der Waals surface area contributed by atoms with Gasteiger partial charge < -0.3 is 5.73 Å². The summed E-state index contributed by atoms with van der Waals surface area (Å²) >= 11 is 1.85. The second-order valence-corrected chi connectivity index (χ2v) is 4.02. The molecular weight excluding hydrogens is 178 g/mol. The first-order valence-electron chi connectivity index (χ1n) is 4.42. The predicted molar refractivity (Wildman–Crippen MR) is 61.0 cm³/mol. The van der Waals surface area contributed by atoms with Crippen LogP contribution in [0.1, 0.15) is 12.8 Å². The number of rotatable bonds is 5. The summed E-state index contributed by atoms with van der Waals surface area (Å²) in [6, 6.07) is 8.01. The highest BCUT2D eigenvalue weighted by Crippen LogP contribution is 2.21. The third-order valence-corrected chi connectivity index (χ3v) is 2.76. The summed E-state index contributed by atoms with van der Waals surface area (Å²) in [5.41, 5.74) is 6.50. The Morgan fingerprint density at radius 3 is 3.00 bits per heavy atom. The standard InChI is InChI=1S/C11H15NS/c1-2-3-4-8-13-11-7-5-6-10(12)9-11/h2,5-7,9H,1,3-4,8,12H2. The highest BCUT2D eigenvalue weighted by atomic mass is 32.2. The van der Waals surface area contributed by atoms with Crippen molar-refractivity contribution in [2.24, 2.45) is 0 Å². The number of nitrogens with two attached hydrogens (primary N) is 1. The molecule has 0 bridgehead atoms. The number of anilines is 1. The van der Waals surface area contributed by atoms with Gasteiger partial charge in [0.15, 0.2) is 0 Å². The molecule has 1 aromatic carbocycles. The summed E-state index contributed by atoms with van der Waals surface area (Å²) in [5.74, 6) is 1.13. The molecular formula is C11H15NS. The molecule has 70 valence electrons. The number of allylic oxidation sites excluding steroid dienone is 1. The molecule has 1 nitrogen and oxygen atoms in total. The number of hydrogen-bond acceptors (Lipinski definition) is 2. The smallest absolute Gasteiger partial charge is 0.0325 e. The van der Waals surface area contributed by atoms with Crippen molar-refractivity contribution in [3.8, 4) is 0 Å². The number of unbranched alkanes of at least 4 members (excludes halogenated alkanes) is 1. The molecule has 1 aromatic rings. The van der Waals surface area contributed by atoms with Gasteiger partial charge in [-0.3, -0.25) is 0 Å². The average molecular weight is 193 g/mol. The van der Waals surface area contributed by atoms with Gasteiger partial charge >= 0.3 is 0 Å². The fraction of sp³-hybridized carbons (Fsp3) is 0.273. The highest BCUT2D eigenvalue weighted by Gasteiger charge is 1.93. The van der Waals surface area contributed by atoms with Crippen LogP contribution in [0.4, 0.5) is 5.69 Å². The van der Waals surface area contributed by atoms with E-state index in [1.807, 2.05) is 36.0 Å². The molecule has 0 aliphatic carbocycles. The van der Waals surface area contributed by atoms with Crippen LogP contribution in [0, 0.1) is 0 Å². The van der Waals surface area contributed by atoms with E-state index < -0.39 is 0 Å². The molecule has 0 spiro atoms. The molecule has 2 N–H and O–H groups in total. The second kappa shape index (κ2) is 5.70. The molecule has 0 amide bonds. The molecule has 0 saturated heterocycles. The number of thioether (sulfide) groups is 1. The maximum absolute atomic E-state index is 5.66. The van der Waals surface area contributed by atoms with Gasteiger partial charge in [-0.2, -0.15) is 0 Å². The summed E-state index contributed by atoms with van der Waals surface area (Å²) in [4.78, 5) is 1.25. The molecule has 0 unspecified atom stereocenters. The van der Waals surface area contributed by atoms with Crippen LogP contribution in [0.25, 0.3) is 0 Å². The Morgan fingerprint density at radius 1 is 1.46 bits per heavy atom. The largest absolute Gasteiger partial charge is 0.399 e. The molecule has 0 fully saturated rings. The Hall–Kier alpha value is -0.890. The number of hydrogen-bond donors (Lipinski definition) is 1. The predicted octanol–water partition coefficient (Wildman–Crippen LogP) is 3.33. The van der Waals surface area contributed by atoms with Crippen LogP contribution in [-0.2, 0) is 0 Å². The van der Waals surface area contributed by atoms with Crippen molar-refractivity contribution >= 4 is 17.4 Å². The lowest BCUT2D eigenvalue weighted by atomic mass is 10.3. The Labute approximate surface area is 84.0 Å². The van der Waals surface area contributed by atoms with E-state index in [-0.39, 0.29) is 0 Å². The van der Waals surface area contributed by atoms with E-state index in [2.05, 4.69) is 12.6 Å². The summed E-state index contributed by atoms with van der Waals surface area (Å²) in [6.07, 6.45) is 4.23. The summed E-state index contributed by atoms with van der Waals surface area (Å²) in [7, 11) is 0. The Bertz CT molecular complexity index is 271. The lowest BCUT2D eigenvalue weighted by Crippen LogP contribution is -1.84. The van der Waals surface area contributed by atoms with E-state index in [1.165, 1.54) is 11.3 Å². The minimum Gasteiger partial charge on any atom is -0.399 e. The first-order valence-corrected chi connectivity index (χ1v) is 5.40. The molecule has 0 heterocycles. The van der Waals surface area contributed by atoms with E-state index in [9.17, 15) is 0 Å². The van der Waals surface area contributed by atoms with Gasteiger partial charge in [-0.15, -0.1) is 18.3 Å². The number of benzene rings is 1. The van der Waals surface area contributed by atoms with E-state index in [0.717, 1.165) is 17.9 Å². The van der Waals surface area contributed by atoms with Crippen molar-refractivity contribution < 1.29 is 0 Å². The number of nitrogen functional groups attached to an aromatic ring is 1. The van der Waals surface area contributed by atoms with Crippen molar-refractivity contribution in [3.05, 3.63) is 36.9 Å². The zero-order valence-corrected chi connectivity index (χ0v) is 8.52. The lowest BCUT2D eigenvalue weighted by Gasteiger charge is -2.00. The van der Waals surface area contributed by atoms with Crippen molar-refractivity contribution in [3.63, 3.8) is 0 Å². The van der Waals surface area contributed by atoms with E-state index in [0.29, 0.717) is 0 Å². The van der Waals surface area contributed by atoms with Gasteiger partial charge in [0, 0.05) is 10.6 Å². The van der Waals surface area contributed by atoms with Gasteiger partial charge in [-0.05, 0) is 36.8 Å². The molecule has 1 rings (SSSR count). The molecule has 0 radical (unpaired) electrons. The Morgan fingerprint density at radius 2 is 2.31 bits per heavy atom. The van der Waals surface area contributed by atoms with Gasteiger partial charge in [0.05, 0.1) is 0 Å². The molecule has 0 atom stereocenters. The van der Waals surface area contributed by atoms with Gasteiger partial charge in [0.2, 0.25) is 0 Å². The van der Waals surface area contributed by atoms with E-state index in [1.54, 1.807) is 0 Å². The van der Waals surface area contributed by atoms with Crippen molar-refractivity contribution in [1.29, 1.82) is 0 Å². The van der Waals surface area contributed by atoms with Crippen LogP contribution in [0.15, 0.2) is 41.8 Å². The SMILES string of the molecule is C=CCCCSc1cccc(N)c1. The van der Waals surface area contributed by atoms with Crippen LogP contribution in [0.3, 0.4) is 0 Å². The Kier molecular flexibility index (Phi) is 4.47. The molecule has 0 saturated carbocycles. The first kappa shape index (κ1) is 10.2. The van der Waals surface area contributed by atoms with Gasteiger partial charge in [-0.25, -0.2) is 0 Å². The summed E-state index contributed by atoms with van der Waals surface area (Å²) < 4.78 is 0. The first-order chi connectivity index (χ1) is 6.33. The van der Waals surface area contributed by atoms with Crippen LogP contribution in [0.5, 0.6) is 0 Å². The Balaban J connectivity index is 2.32. The third-order valence-electron chi connectivity index (χ3n) is 1.68. The fourth-order valence-electron chi connectivity index (χ4n) is 1.02. The van der Waals surface area contributed by atoms with Crippen molar-refractivity contribution in [1.82, 2.24) is 0 Å². The molecule has 0 aliphatic rings. The molecule has 0 aliphatic heterocycles. The highest BCUT2D eigenvalue weighted by molar-refractivity contribution is 7.99. The van der Waals surface area contributed by atoms with Gasteiger partial charge in [-0.1, -0.05) is 12.1 Å². The lowest BCUT2D eigenvalue weighted by molar-refractivity contribution is 0.974. The van der Waals surface area contributed by atoms with Gasteiger partial charge in [0.1, 0.15) is 0 Å². The minimum absolute atomic E-state index is 0.841. The molecule has 0 aromatic heterocycles. The van der Waals surface area contributed by atoms with Crippen LogP contribution < -0.4 is 5.73 Å². The third kappa shape index (κ3) is 4.04. The van der Waals surface area contributed by atoms with Crippen LogP contribution >= 0.6 is 11.8 Å². The minimum atomic E-state index is 0.841. The monoisotopic (exact) mass is 193 g/mol. The zero-order valence-electron chi connectivity index (χ0n) is 7.70. The second-order valence-electron chi connectivity index (χ2n) is 2.85. The maximum Gasteiger partial charge on any atom is 0.0325 e. The fourth-order valence-corrected chi connectivity index (χ4v) is 1.96. The van der Waals surface area contributed by atoms with E-state index >= 15 is 0 Å². The van der Waals surface area contributed by atoms with Crippen LogP contribution in [0.2, 0.25) is 0 Å². The maximum atomic E-state index is 5.66. The zero-order chi connectivity index (χ0) is 9.52. The quantitative estimate of drug-likeness (QED) is 0.336. The summed E-state index contributed by atoms with van der Waals surface area (Å²) in [5, 5.41) is 0. The van der Waals surface area contributed by atoms with Crippen LogP contribution in [-0.4, -0.2) is 5.75 Å². The van der Waals surface area contributed by atoms with Crippen molar-refractivity contribution in [2.75, 3.05) is 11.5 Å². The molecule has 2 heteroatoms. The molecule has 13 heavy (non-hydrogen) atoms. The topological polar surface area (TPSA) is 26.0 Å². The normalized spacial score (nSPS) is 9.85. The van der Waals surface area contributed by atoms with E-state index in [4.69, 9.17) is 5.73 Å². The summed E-state index contributed by atoms with van der Waals surface area (Å²) in [6.45, 7) is 3.69. The van der Waals surface area contributed by atoms with Crippen molar-refractivity contribution in [2.45, 2.75) is 17.7 Å². The average Bonchev–Trinajstić information content (AvgIpc) is 2.13. The van der Waals surface area contributed by atoms with Gasteiger partial charge in [0.25, 0.3) is 0 Å².